The molecular weight excluding hydrogens is 204 g/mol. The van der Waals surface area contributed by atoms with Gasteiger partial charge in [0.1, 0.15) is 0 Å². The van der Waals surface area contributed by atoms with Crippen LogP contribution in [0.1, 0.15) is 25.3 Å². The number of benzene rings is 1. The summed E-state index contributed by atoms with van der Waals surface area (Å²) in [4.78, 5) is 11.0. The Bertz CT molecular complexity index is 340. The molecule has 1 aromatic rings. The lowest BCUT2D eigenvalue weighted by Gasteiger charge is -2.21. The van der Waals surface area contributed by atoms with Crippen molar-refractivity contribution in [1.82, 2.24) is 5.32 Å². The fourth-order valence-electron chi connectivity index (χ4n) is 1.75. The van der Waals surface area contributed by atoms with E-state index in [9.17, 15) is 10.1 Å². The third kappa shape index (κ3) is 2.79. The SMILES string of the molecule is CNCCCC(C)(c1ccccc1)[N+](=O)[O-]. The first-order chi connectivity index (χ1) is 7.61. The van der Waals surface area contributed by atoms with Crippen molar-refractivity contribution >= 4 is 0 Å². The van der Waals surface area contributed by atoms with Crippen molar-refractivity contribution in [2.24, 2.45) is 0 Å². The van der Waals surface area contributed by atoms with Gasteiger partial charge in [0.15, 0.2) is 0 Å². The summed E-state index contributed by atoms with van der Waals surface area (Å²) in [5.41, 5.74) is -0.200. The van der Waals surface area contributed by atoms with Crippen LogP contribution in [0.3, 0.4) is 0 Å². The summed E-state index contributed by atoms with van der Waals surface area (Å²) in [6.45, 7) is 2.49. The summed E-state index contributed by atoms with van der Waals surface area (Å²) in [7, 11) is 1.85. The van der Waals surface area contributed by atoms with Gasteiger partial charge in [-0.25, -0.2) is 0 Å². The Kier molecular flexibility index (Phi) is 4.43. The van der Waals surface area contributed by atoms with Crippen LogP contribution in [0.5, 0.6) is 0 Å². The van der Waals surface area contributed by atoms with Crippen LogP contribution in [0.2, 0.25) is 0 Å². The van der Waals surface area contributed by atoms with E-state index < -0.39 is 5.54 Å². The number of rotatable bonds is 6. The minimum atomic E-state index is -0.974. The molecular formula is C12H18N2O2. The van der Waals surface area contributed by atoms with Gasteiger partial charge in [-0.1, -0.05) is 30.3 Å². The van der Waals surface area contributed by atoms with E-state index in [0.717, 1.165) is 18.5 Å². The molecule has 0 saturated heterocycles. The molecule has 1 rings (SSSR count). The zero-order chi connectivity index (χ0) is 12.0. The maximum atomic E-state index is 11.2. The Balaban J connectivity index is 2.85. The van der Waals surface area contributed by atoms with E-state index in [4.69, 9.17) is 0 Å². The summed E-state index contributed by atoms with van der Waals surface area (Å²) in [6, 6.07) is 9.20. The lowest BCUT2D eigenvalue weighted by atomic mass is 9.88. The van der Waals surface area contributed by atoms with E-state index in [2.05, 4.69) is 5.32 Å². The van der Waals surface area contributed by atoms with Crippen LogP contribution in [-0.4, -0.2) is 18.5 Å². The van der Waals surface area contributed by atoms with Gasteiger partial charge < -0.3 is 5.32 Å². The van der Waals surface area contributed by atoms with Gasteiger partial charge in [-0.05, 0) is 20.0 Å². The molecule has 0 heterocycles. The Morgan fingerprint density at radius 2 is 2.00 bits per heavy atom. The molecule has 4 nitrogen and oxygen atoms in total. The molecule has 0 spiro atoms. The molecule has 0 saturated carbocycles. The smallest absolute Gasteiger partial charge is 0.244 e. The van der Waals surface area contributed by atoms with Crippen molar-refractivity contribution in [2.45, 2.75) is 25.3 Å². The first-order valence-corrected chi connectivity index (χ1v) is 5.46. The van der Waals surface area contributed by atoms with Crippen LogP contribution in [0, 0.1) is 10.1 Å². The number of hydrogen-bond acceptors (Lipinski definition) is 3. The lowest BCUT2D eigenvalue weighted by Crippen LogP contribution is -2.32. The van der Waals surface area contributed by atoms with E-state index in [0.29, 0.717) is 6.42 Å². The average molecular weight is 222 g/mol. The molecule has 4 heteroatoms. The van der Waals surface area contributed by atoms with Crippen LogP contribution in [0.4, 0.5) is 0 Å². The van der Waals surface area contributed by atoms with Crippen LogP contribution < -0.4 is 5.32 Å². The van der Waals surface area contributed by atoms with E-state index in [1.54, 1.807) is 6.92 Å². The molecule has 1 unspecified atom stereocenters. The fourth-order valence-corrected chi connectivity index (χ4v) is 1.75. The molecule has 0 amide bonds. The summed E-state index contributed by atoms with van der Waals surface area (Å²) in [5, 5.41) is 14.2. The average Bonchev–Trinajstić information content (AvgIpc) is 2.30. The first kappa shape index (κ1) is 12.6. The molecule has 0 aliphatic carbocycles. The molecule has 0 aromatic heterocycles. The highest BCUT2D eigenvalue weighted by molar-refractivity contribution is 5.21. The molecule has 0 aliphatic heterocycles. The third-order valence-electron chi connectivity index (χ3n) is 2.89. The molecule has 0 bridgehead atoms. The van der Waals surface area contributed by atoms with Crippen molar-refractivity contribution < 1.29 is 4.92 Å². The standard InChI is InChI=1S/C12H18N2O2/c1-12(14(15)16,9-6-10-13-2)11-7-4-3-5-8-11/h3-5,7-8,13H,6,9-10H2,1-2H3. The maximum absolute atomic E-state index is 11.2. The monoisotopic (exact) mass is 222 g/mol. The van der Waals surface area contributed by atoms with Gasteiger partial charge in [-0.3, -0.25) is 10.1 Å². The number of nitro groups is 1. The minimum Gasteiger partial charge on any atom is -0.320 e. The predicted octanol–water partition coefficient (Wildman–Crippen LogP) is 2.18. The van der Waals surface area contributed by atoms with E-state index in [1.165, 1.54) is 0 Å². The third-order valence-corrected chi connectivity index (χ3v) is 2.89. The molecule has 16 heavy (non-hydrogen) atoms. The van der Waals surface area contributed by atoms with Crippen molar-refractivity contribution in [1.29, 1.82) is 0 Å². The Hall–Kier alpha value is -1.42. The summed E-state index contributed by atoms with van der Waals surface area (Å²) in [5.74, 6) is 0. The zero-order valence-corrected chi connectivity index (χ0v) is 9.77. The molecule has 1 aromatic carbocycles. The van der Waals surface area contributed by atoms with Gasteiger partial charge in [0.25, 0.3) is 0 Å². The van der Waals surface area contributed by atoms with Crippen molar-refractivity contribution in [3.05, 3.63) is 46.0 Å². The molecule has 0 aliphatic rings. The van der Waals surface area contributed by atoms with Gasteiger partial charge >= 0.3 is 0 Å². The Morgan fingerprint density at radius 3 is 2.50 bits per heavy atom. The zero-order valence-electron chi connectivity index (χ0n) is 9.77. The van der Waals surface area contributed by atoms with Crippen LogP contribution >= 0.6 is 0 Å². The lowest BCUT2D eigenvalue weighted by molar-refractivity contribution is -0.576. The molecule has 1 atom stereocenters. The number of nitrogens with zero attached hydrogens (tertiary/aromatic N) is 1. The number of hydrogen-bond donors (Lipinski definition) is 1. The van der Waals surface area contributed by atoms with Crippen molar-refractivity contribution in [3.63, 3.8) is 0 Å². The van der Waals surface area contributed by atoms with Gasteiger partial charge in [0, 0.05) is 23.8 Å². The summed E-state index contributed by atoms with van der Waals surface area (Å²) >= 11 is 0. The van der Waals surface area contributed by atoms with Gasteiger partial charge in [-0.2, -0.15) is 0 Å². The second-order valence-corrected chi connectivity index (χ2v) is 4.10. The van der Waals surface area contributed by atoms with E-state index in [-0.39, 0.29) is 4.92 Å². The fraction of sp³-hybridized carbons (Fsp3) is 0.500. The molecule has 88 valence electrons. The Labute approximate surface area is 95.8 Å². The predicted molar refractivity (Wildman–Crippen MR) is 63.9 cm³/mol. The second-order valence-electron chi connectivity index (χ2n) is 4.10. The first-order valence-electron chi connectivity index (χ1n) is 5.46. The van der Waals surface area contributed by atoms with Crippen LogP contribution in [0.15, 0.2) is 30.3 Å². The van der Waals surface area contributed by atoms with Crippen molar-refractivity contribution in [2.75, 3.05) is 13.6 Å². The Morgan fingerprint density at radius 1 is 1.38 bits per heavy atom. The van der Waals surface area contributed by atoms with Crippen LogP contribution in [-0.2, 0) is 5.54 Å². The minimum absolute atomic E-state index is 0.183. The van der Waals surface area contributed by atoms with Crippen LogP contribution in [0.25, 0.3) is 0 Å². The highest BCUT2D eigenvalue weighted by Gasteiger charge is 2.38. The van der Waals surface area contributed by atoms with Gasteiger partial charge in [0.2, 0.25) is 5.54 Å². The normalized spacial score (nSPS) is 14.4. The molecule has 0 fully saturated rings. The quantitative estimate of drug-likeness (QED) is 0.456. The van der Waals surface area contributed by atoms with E-state index in [1.807, 2.05) is 37.4 Å². The molecule has 1 N–H and O–H groups in total. The van der Waals surface area contributed by atoms with Gasteiger partial charge in [-0.15, -0.1) is 0 Å². The highest BCUT2D eigenvalue weighted by atomic mass is 16.6. The number of nitrogens with one attached hydrogen (secondary N) is 1. The maximum Gasteiger partial charge on any atom is 0.244 e. The highest BCUT2D eigenvalue weighted by Crippen LogP contribution is 2.29. The topological polar surface area (TPSA) is 55.2 Å². The largest absolute Gasteiger partial charge is 0.320 e. The summed E-state index contributed by atoms with van der Waals surface area (Å²) in [6.07, 6.45) is 1.34. The van der Waals surface area contributed by atoms with Gasteiger partial charge in [0.05, 0.1) is 0 Å². The summed E-state index contributed by atoms with van der Waals surface area (Å²) < 4.78 is 0. The van der Waals surface area contributed by atoms with E-state index >= 15 is 0 Å². The second kappa shape index (κ2) is 5.61. The molecule has 0 radical (unpaired) electrons. The van der Waals surface area contributed by atoms with Crippen molar-refractivity contribution in [3.8, 4) is 0 Å².